The summed E-state index contributed by atoms with van der Waals surface area (Å²) in [6.07, 6.45) is 1.81. The number of piperazine rings is 1. The Kier molecular flexibility index (Phi) is 10.6. The highest BCUT2D eigenvalue weighted by molar-refractivity contribution is 5.95. The van der Waals surface area contributed by atoms with E-state index >= 15 is 0 Å². The first kappa shape index (κ1) is 23.6. The topological polar surface area (TPSA) is 26.0 Å². The van der Waals surface area contributed by atoms with Gasteiger partial charge in [-0.05, 0) is 12.5 Å². The van der Waals surface area contributed by atoms with Crippen LogP contribution in [0.1, 0.15) is 29.3 Å². The first-order chi connectivity index (χ1) is 12.2. The molecular formula is C22H30Cl2N2O. The van der Waals surface area contributed by atoms with Crippen LogP contribution in [0.15, 0.2) is 60.7 Å². The Morgan fingerprint density at radius 1 is 0.889 bits per heavy atom. The third kappa shape index (κ3) is 7.27. The number of hydrogen-bond acceptors (Lipinski definition) is 1. The molecule has 3 rings (SSSR count). The molecule has 1 unspecified atom stereocenters. The Hall–Kier alpha value is -1.39. The summed E-state index contributed by atoms with van der Waals surface area (Å²) in [7, 11) is 0. The van der Waals surface area contributed by atoms with Gasteiger partial charge >= 0.3 is 0 Å². The van der Waals surface area contributed by atoms with Crippen molar-refractivity contribution in [2.75, 3.05) is 32.7 Å². The maximum atomic E-state index is 12.2. The first-order valence-electron chi connectivity index (χ1n) is 9.52. The van der Waals surface area contributed by atoms with E-state index < -0.39 is 0 Å². The lowest BCUT2D eigenvalue weighted by Gasteiger charge is -2.33. The van der Waals surface area contributed by atoms with E-state index in [1.807, 2.05) is 30.3 Å². The molecule has 0 aromatic heterocycles. The zero-order valence-electron chi connectivity index (χ0n) is 16.0. The molecule has 148 valence electrons. The Labute approximate surface area is 175 Å². The Balaban J connectivity index is 0.00000182. The van der Waals surface area contributed by atoms with E-state index in [4.69, 9.17) is 0 Å². The van der Waals surface area contributed by atoms with Crippen LogP contribution in [0.3, 0.4) is 0 Å². The van der Waals surface area contributed by atoms with E-state index in [0.717, 1.165) is 18.5 Å². The summed E-state index contributed by atoms with van der Waals surface area (Å²) >= 11 is 0. The molecule has 1 saturated heterocycles. The molecule has 2 aromatic rings. The maximum absolute atomic E-state index is 12.2. The molecule has 0 radical (unpaired) electrons. The van der Waals surface area contributed by atoms with Crippen LogP contribution in [-0.4, -0.2) is 44.5 Å². The Morgan fingerprint density at radius 3 is 2.04 bits per heavy atom. The standard InChI is InChI=1S/C22H28N2O.2ClH/c1-19(18-20-8-4-2-5-9-20)24-16-14-23(15-17-24)13-12-22(25)21-10-6-3-7-11-21;;/h2-11,19H,12-18H2,1H3;2*1H. The number of halogens is 2. The van der Waals surface area contributed by atoms with Crippen molar-refractivity contribution in [1.29, 1.82) is 0 Å². The zero-order valence-corrected chi connectivity index (χ0v) is 17.5. The van der Waals surface area contributed by atoms with Gasteiger partial charge in [0.2, 0.25) is 0 Å². The van der Waals surface area contributed by atoms with Gasteiger partial charge in [0, 0.05) is 12.0 Å². The number of carbonyl (C=O) groups excluding carboxylic acids is 1. The summed E-state index contributed by atoms with van der Waals surface area (Å²) in [5.41, 5.74) is 2.29. The predicted octanol–water partition coefficient (Wildman–Crippen LogP) is -5.32. The molecule has 0 aliphatic carbocycles. The van der Waals surface area contributed by atoms with Crippen molar-refractivity contribution < 1.29 is 39.4 Å². The van der Waals surface area contributed by atoms with Crippen molar-refractivity contribution in [3.8, 4) is 0 Å². The Morgan fingerprint density at radius 2 is 1.44 bits per heavy atom. The minimum Gasteiger partial charge on any atom is -1.00 e. The number of hydrogen-bond donors (Lipinski definition) is 2. The van der Waals surface area contributed by atoms with Crippen LogP contribution in [0.5, 0.6) is 0 Å². The highest BCUT2D eigenvalue weighted by Crippen LogP contribution is 2.02. The average Bonchev–Trinajstić information content (AvgIpc) is 2.68. The highest BCUT2D eigenvalue weighted by atomic mass is 35.5. The molecule has 2 aromatic carbocycles. The number of rotatable bonds is 7. The molecule has 1 aliphatic rings. The van der Waals surface area contributed by atoms with Crippen molar-refractivity contribution in [3.63, 3.8) is 0 Å². The monoisotopic (exact) mass is 408 g/mol. The van der Waals surface area contributed by atoms with Crippen molar-refractivity contribution in [1.82, 2.24) is 0 Å². The molecule has 27 heavy (non-hydrogen) atoms. The van der Waals surface area contributed by atoms with Gasteiger partial charge in [0.25, 0.3) is 0 Å². The van der Waals surface area contributed by atoms with E-state index in [1.165, 1.54) is 31.7 Å². The summed E-state index contributed by atoms with van der Waals surface area (Å²) in [6, 6.07) is 21.1. The lowest BCUT2D eigenvalue weighted by molar-refractivity contribution is -1.02. The first-order valence-corrected chi connectivity index (χ1v) is 9.52. The van der Waals surface area contributed by atoms with Gasteiger partial charge in [-0.2, -0.15) is 0 Å². The van der Waals surface area contributed by atoms with Crippen LogP contribution >= 0.6 is 0 Å². The van der Waals surface area contributed by atoms with Crippen molar-refractivity contribution in [2.45, 2.75) is 25.8 Å². The quantitative estimate of drug-likeness (QED) is 0.439. The van der Waals surface area contributed by atoms with Crippen molar-refractivity contribution >= 4 is 5.78 Å². The molecular weight excluding hydrogens is 379 g/mol. The van der Waals surface area contributed by atoms with Gasteiger partial charge in [-0.3, -0.25) is 4.79 Å². The molecule has 1 atom stereocenters. The molecule has 5 heteroatoms. The molecule has 3 nitrogen and oxygen atoms in total. The summed E-state index contributed by atoms with van der Waals surface area (Å²) in [6.45, 7) is 8.11. The summed E-state index contributed by atoms with van der Waals surface area (Å²) < 4.78 is 0. The number of carbonyl (C=O) groups is 1. The van der Waals surface area contributed by atoms with Crippen LogP contribution < -0.4 is 34.6 Å². The van der Waals surface area contributed by atoms with Gasteiger partial charge in [0.05, 0.1) is 19.0 Å². The summed E-state index contributed by atoms with van der Waals surface area (Å²) in [5, 5.41) is 0. The third-order valence-electron chi connectivity index (χ3n) is 5.48. The largest absolute Gasteiger partial charge is 1.00 e. The molecule has 1 fully saturated rings. The smallest absolute Gasteiger partial charge is 0.168 e. The second-order valence-corrected chi connectivity index (χ2v) is 7.29. The number of Topliss-reactive ketones (excluding diaryl/α,β-unsaturated/α-hetero) is 1. The predicted molar refractivity (Wildman–Crippen MR) is 101 cm³/mol. The van der Waals surface area contributed by atoms with Crippen molar-refractivity contribution in [2.24, 2.45) is 0 Å². The van der Waals surface area contributed by atoms with Gasteiger partial charge < -0.3 is 34.6 Å². The van der Waals surface area contributed by atoms with Crippen LogP contribution in [0.2, 0.25) is 0 Å². The van der Waals surface area contributed by atoms with Crippen molar-refractivity contribution in [3.05, 3.63) is 71.8 Å². The average molecular weight is 409 g/mol. The summed E-state index contributed by atoms with van der Waals surface area (Å²) in [5.74, 6) is 0.278. The normalized spacial score (nSPS) is 20.0. The van der Waals surface area contributed by atoms with E-state index in [0.29, 0.717) is 12.5 Å². The lowest BCUT2D eigenvalue weighted by atomic mass is 10.1. The molecule has 1 heterocycles. The second-order valence-electron chi connectivity index (χ2n) is 7.29. The third-order valence-corrected chi connectivity index (χ3v) is 5.48. The van der Waals surface area contributed by atoms with Gasteiger partial charge in [-0.25, -0.2) is 0 Å². The van der Waals surface area contributed by atoms with Gasteiger partial charge in [0.1, 0.15) is 26.2 Å². The lowest BCUT2D eigenvalue weighted by Crippen LogP contribution is -3.29. The molecule has 0 amide bonds. The van der Waals surface area contributed by atoms with Gasteiger partial charge in [-0.1, -0.05) is 60.7 Å². The molecule has 1 aliphatic heterocycles. The van der Waals surface area contributed by atoms with E-state index in [1.54, 1.807) is 9.80 Å². The molecule has 0 spiro atoms. The fourth-order valence-electron chi connectivity index (χ4n) is 3.84. The van der Waals surface area contributed by atoms with Crippen LogP contribution in [0, 0.1) is 0 Å². The minimum absolute atomic E-state index is 0. The maximum Gasteiger partial charge on any atom is 0.168 e. The highest BCUT2D eigenvalue weighted by Gasteiger charge is 2.27. The fraction of sp³-hybridized carbons (Fsp3) is 0.409. The van der Waals surface area contributed by atoms with E-state index in [9.17, 15) is 4.79 Å². The fourth-order valence-corrected chi connectivity index (χ4v) is 3.84. The summed E-state index contributed by atoms with van der Waals surface area (Å²) in [4.78, 5) is 15.5. The number of quaternary nitrogens is 2. The number of ketones is 1. The number of nitrogens with one attached hydrogen (secondary N) is 2. The number of benzene rings is 2. The van der Waals surface area contributed by atoms with Crippen LogP contribution in [0.4, 0.5) is 0 Å². The molecule has 0 bridgehead atoms. The van der Waals surface area contributed by atoms with Gasteiger partial charge in [-0.15, -0.1) is 0 Å². The van der Waals surface area contributed by atoms with Crippen LogP contribution in [0.25, 0.3) is 0 Å². The molecule has 2 N–H and O–H groups in total. The SMILES string of the molecule is CC(Cc1ccccc1)[NH+]1CC[NH+](CCC(=O)c2ccccc2)CC1.[Cl-].[Cl-]. The van der Waals surface area contributed by atoms with Crippen LogP contribution in [-0.2, 0) is 6.42 Å². The van der Waals surface area contributed by atoms with Gasteiger partial charge in [0.15, 0.2) is 5.78 Å². The zero-order chi connectivity index (χ0) is 17.5. The second kappa shape index (κ2) is 12.1. The van der Waals surface area contributed by atoms with E-state index in [2.05, 4.69) is 37.3 Å². The molecule has 0 saturated carbocycles. The minimum atomic E-state index is 0. The Bertz CT molecular complexity index is 659. The van der Waals surface area contributed by atoms with E-state index in [-0.39, 0.29) is 30.6 Å².